The van der Waals surface area contributed by atoms with Gasteiger partial charge in [0.1, 0.15) is 5.60 Å². The second kappa shape index (κ2) is 9.00. The first-order chi connectivity index (χ1) is 13.6. The molecule has 1 aromatic rings. The van der Waals surface area contributed by atoms with Gasteiger partial charge in [-0.2, -0.15) is 0 Å². The number of fused-ring (bicyclic) bond motifs is 1. The Morgan fingerprint density at radius 2 is 2.03 bits per heavy atom. The summed E-state index contributed by atoms with van der Waals surface area (Å²) in [5, 5.41) is 7.55. The van der Waals surface area contributed by atoms with Crippen LogP contribution in [-0.2, 0) is 9.53 Å². The highest BCUT2D eigenvalue weighted by Crippen LogP contribution is 2.40. The molecule has 2 amide bonds. The first-order valence-corrected chi connectivity index (χ1v) is 10.9. The number of anilines is 1. The standard InChI is InChI=1S/C21H29Cl2N3O3/c1-21(2,3)29-20(28)26-8-4-5-15(12-26)25-18(27)9-13-6-7-24-19-16(13)10-14(22)11-17(19)23/h10-11,13,15,24H,4-9,12H2,1-3H3,(H,25,27). The summed E-state index contributed by atoms with van der Waals surface area (Å²) in [6.45, 7) is 7.44. The summed E-state index contributed by atoms with van der Waals surface area (Å²) in [7, 11) is 0. The van der Waals surface area contributed by atoms with Crippen molar-refractivity contribution in [1.82, 2.24) is 10.2 Å². The van der Waals surface area contributed by atoms with Crippen molar-refractivity contribution in [3.63, 3.8) is 0 Å². The van der Waals surface area contributed by atoms with Crippen molar-refractivity contribution in [3.8, 4) is 0 Å². The second-order valence-corrected chi connectivity index (χ2v) is 9.64. The summed E-state index contributed by atoms with van der Waals surface area (Å²) in [4.78, 5) is 26.7. The van der Waals surface area contributed by atoms with Crippen LogP contribution < -0.4 is 10.6 Å². The normalized spacial score (nSPS) is 21.8. The van der Waals surface area contributed by atoms with E-state index >= 15 is 0 Å². The van der Waals surface area contributed by atoms with E-state index in [4.69, 9.17) is 27.9 Å². The van der Waals surface area contributed by atoms with E-state index in [9.17, 15) is 9.59 Å². The first-order valence-electron chi connectivity index (χ1n) is 10.1. The van der Waals surface area contributed by atoms with Crippen molar-refractivity contribution in [2.45, 2.75) is 64.0 Å². The highest BCUT2D eigenvalue weighted by atomic mass is 35.5. The lowest BCUT2D eigenvalue weighted by atomic mass is 9.88. The van der Waals surface area contributed by atoms with Crippen molar-refractivity contribution in [3.05, 3.63) is 27.7 Å². The Labute approximate surface area is 182 Å². The maximum Gasteiger partial charge on any atom is 0.410 e. The molecule has 6 nitrogen and oxygen atoms in total. The molecule has 0 saturated carbocycles. The molecular formula is C21H29Cl2N3O3. The molecule has 0 radical (unpaired) electrons. The van der Waals surface area contributed by atoms with Gasteiger partial charge in [0, 0.05) is 37.1 Å². The molecule has 2 heterocycles. The van der Waals surface area contributed by atoms with E-state index in [2.05, 4.69) is 10.6 Å². The van der Waals surface area contributed by atoms with Gasteiger partial charge < -0.3 is 20.3 Å². The molecule has 1 fully saturated rings. The molecule has 160 valence electrons. The predicted octanol–water partition coefficient (Wildman–Crippen LogP) is 4.80. The summed E-state index contributed by atoms with van der Waals surface area (Å²) in [5.74, 6) is 0.0444. The third-order valence-corrected chi connectivity index (χ3v) is 5.71. The fourth-order valence-electron chi connectivity index (χ4n) is 3.94. The molecule has 8 heteroatoms. The van der Waals surface area contributed by atoms with E-state index in [1.807, 2.05) is 26.8 Å². The minimum atomic E-state index is -0.530. The van der Waals surface area contributed by atoms with Gasteiger partial charge in [-0.1, -0.05) is 23.2 Å². The number of piperidine rings is 1. The highest BCUT2D eigenvalue weighted by Gasteiger charge is 2.30. The number of carbonyl (C=O) groups is 2. The van der Waals surface area contributed by atoms with Crippen LogP contribution in [0.2, 0.25) is 10.0 Å². The Kier molecular flexibility index (Phi) is 6.84. The number of rotatable bonds is 3. The number of benzene rings is 1. The maximum atomic E-state index is 12.7. The second-order valence-electron chi connectivity index (χ2n) is 8.80. The Balaban J connectivity index is 1.58. The molecule has 0 aromatic heterocycles. The number of amides is 2. The molecule has 0 bridgehead atoms. The summed E-state index contributed by atoms with van der Waals surface area (Å²) in [5.41, 5.74) is 1.33. The Hall–Kier alpha value is -1.66. The molecule has 2 atom stereocenters. The molecule has 1 saturated heterocycles. The predicted molar refractivity (Wildman–Crippen MR) is 116 cm³/mol. The monoisotopic (exact) mass is 441 g/mol. The molecule has 2 aliphatic rings. The largest absolute Gasteiger partial charge is 0.444 e. The fraction of sp³-hybridized carbons (Fsp3) is 0.619. The van der Waals surface area contributed by atoms with Crippen LogP contribution in [0.15, 0.2) is 12.1 Å². The van der Waals surface area contributed by atoms with E-state index < -0.39 is 5.60 Å². The van der Waals surface area contributed by atoms with Gasteiger partial charge in [-0.15, -0.1) is 0 Å². The van der Waals surface area contributed by atoms with Gasteiger partial charge in [0.2, 0.25) is 5.91 Å². The topological polar surface area (TPSA) is 70.7 Å². The molecule has 1 aromatic carbocycles. The zero-order valence-electron chi connectivity index (χ0n) is 17.2. The fourth-order valence-corrected chi connectivity index (χ4v) is 4.51. The highest BCUT2D eigenvalue weighted by molar-refractivity contribution is 6.36. The lowest BCUT2D eigenvalue weighted by molar-refractivity contribution is -0.122. The number of hydrogen-bond donors (Lipinski definition) is 2. The van der Waals surface area contributed by atoms with Gasteiger partial charge in [-0.3, -0.25) is 4.79 Å². The maximum absolute atomic E-state index is 12.7. The van der Waals surface area contributed by atoms with Crippen LogP contribution in [0.5, 0.6) is 0 Å². The number of ether oxygens (including phenoxy) is 1. The first kappa shape index (κ1) is 22.0. The van der Waals surface area contributed by atoms with Crippen molar-refractivity contribution >= 4 is 40.9 Å². The van der Waals surface area contributed by atoms with Gasteiger partial charge in [0.25, 0.3) is 0 Å². The Morgan fingerprint density at radius 1 is 1.28 bits per heavy atom. The van der Waals surface area contributed by atoms with Crippen LogP contribution in [0.1, 0.15) is 57.9 Å². The van der Waals surface area contributed by atoms with Crippen LogP contribution in [0, 0.1) is 0 Å². The van der Waals surface area contributed by atoms with E-state index in [-0.39, 0.29) is 24.0 Å². The van der Waals surface area contributed by atoms with Crippen LogP contribution in [-0.4, -0.2) is 48.2 Å². The molecule has 2 aliphatic heterocycles. The number of nitrogens with zero attached hydrogens (tertiary/aromatic N) is 1. The van der Waals surface area contributed by atoms with E-state index in [1.165, 1.54) is 0 Å². The van der Waals surface area contributed by atoms with Crippen LogP contribution >= 0.6 is 23.2 Å². The number of halogens is 2. The van der Waals surface area contributed by atoms with Crippen LogP contribution in [0.4, 0.5) is 10.5 Å². The Morgan fingerprint density at radius 3 is 2.76 bits per heavy atom. The van der Waals surface area contributed by atoms with Crippen LogP contribution in [0.3, 0.4) is 0 Å². The zero-order valence-corrected chi connectivity index (χ0v) is 18.7. The molecule has 0 aliphatic carbocycles. The third kappa shape index (κ3) is 5.92. The molecule has 2 N–H and O–H groups in total. The lowest BCUT2D eigenvalue weighted by Gasteiger charge is -2.35. The quantitative estimate of drug-likeness (QED) is 0.706. The van der Waals surface area contributed by atoms with E-state index in [0.717, 1.165) is 37.1 Å². The average Bonchev–Trinajstić information content (AvgIpc) is 2.61. The summed E-state index contributed by atoms with van der Waals surface area (Å²) in [6.07, 6.45) is 2.57. The SMILES string of the molecule is CC(C)(C)OC(=O)N1CCCC(NC(=O)CC2CCNc3c(Cl)cc(Cl)cc32)C1. The lowest BCUT2D eigenvalue weighted by Crippen LogP contribution is -2.50. The van der Waals surface area contributed by atoms with Crippen molar-refractivity contribution in [2.75, 3.05) is 25.0 Å². The third-order valence-electron chi connectivity index (χ3n) is 5.19. The number of hydrogen-bond acceptors (Lipinski definition) is 4. The summed E-state index contributed by atoms with van der Waals surface area (Å²) >= 11 is 12.5. The minimum Gasteiger partial charge on any atom is -0.444 e. The van der Waals surface area contributed by atoms with Gasteiger partial charge >= 0.3 is 6.09 Å². The average molecular weight is 442 g/mol. The smallest absolute Gasteiger partial charge is 0.410 e. The van der Waals surface area contributed by atoms with Gasteiger partial charge in [-0.05, 0) is 63.6 Å². The van der Waals surface area contributed by atoms with Gasteiger partial charge in [0.05, 0.1) is 10.7 Å². The van der Waals surface area contributed by atoms with Crippen molar-refractivity contribution in [1.29, 1.82) is 0 Å². The number of nitrogens with one attached hydrogen (secondary N) is 2. The number of carbonyl (C=O) groups excluding carboxylic acids is 2. The molecule has 2 unspecified atom stereocenters. The molecule has 3 rings (SSSR count). The van der Waals surface area contributed by atoms with E-state index in [0.29, 0.717) is 29.6 Å². The molecule has 29 heavy (non-hydrogen) atoms. The van der Waals surface area contributed by atoms with Crippen molar-refractivity contribution in [2.24, 2.45) is 0 Å². The van der Waals surface area contributed by atoms with Crippen molar-refractivity contribution < 1.29 is 14.3 Å². The van der Waals surface area contributed by atoms with Gasteiger partial charge in [-0.25, -0.2) is 4.79 Å². The van der Waals surface area contributed by atoms with E-state index in [1.54, 1.807) is 11.0 Å². The Bertz CT molecular complexity index is 779. The summed E-state index contributed by atoms with van der Waals surface area (Å²) in [6, 6.07) is 3.54. The minimum absolute atomic E-state index is 0.0185. The molecular weight excluding hydrogens is 413 g/mol. The van der Waals surface area contributed by atoms with Crippen LogP contribution in [0.25, 0.3) is 0 Å². The molecule has 0 spiro atoms. The zero-order chi connectivity index (χ0) is 21.2. The number of likely N-dealkylation sites (tertiary alicyclic amines) is 1. The van der Waals surface area contributed by atoms with Gasteiger partial charge in [0.15, 0.2) is 0 Å². The summed E-state index contributed by atoms with van der Waals surface area (Å²) < 4.78 is 5.46.